The van der Waals surface area contributed by atoms with Gasteiger partial charge in [0.2, 0.25) is 0 Å². The van der Waals surface area contributed by atoms with E-state index in [2.05, 4.69) is 87.3 Å². The molecule has 40 heavy (non-hydrogen) atoms. The largest absolute Gasteiger partial charge is 0.512 e. The number of aliphatic hydroxyl groups is 1. The van der Waals surface area contributed by atoms with Crippen molar-refractivity contribution in [3.63, 3.8) is 0 Å². The SMILES string of the molecule is CC(=O)/C=C(/C)O.Cc1[c-]c(-c2nccc3cc(-c4c(C)cc5c(sc6ccccc65)c4C)oc23)cc(C)c1.[Ir]. The molecule has 6 heteroatoms. The van der Waals surface area contributed by atoms with E-state index in [1.807, 2.05) is 23.6 Å². The van der Waals surface area contributed by atoms with Crippen LogP contribution >= 0.6 is 11.3 Å². The Kier molecular flexibility index (Phi) is 8.74. The third-order valence-electron chi connectivity index (χ3n) is 6.60. The van der Waals surface area contributed by atoms with Crippen molar-refractivity contribution in [1.82, 2.24) is 4.98 Å². The second-order valence-electron chi connectivity index (χ2n) is 10.0. The molecule has 0 atom stereocenters. The van der Waals surface area contributed by atoms with Crippen molar-refractivity contribution in [3.8, 4) is 22.6 Å². The minimum Gasteiger partial charge on any atom is -0.512 e. The zero-order valence-corrected chi connectivity index (χ0v) is 26.5. The maximum Gasteiger partial charge on any atom is 0.155 e. The molecule has 0 unspecified atom stereocenters. The maximum atomic E-state index is 10.0. The number of rotatable bonds is 3. The molecule has 3 aromatic carbocycles. The third-order valence-corrected chi connectivity index (χ3v) is 7.91. The second-order valence-corrected chi connectivity index (χ2v) is 11.1. The Bertz CT molecular complexity index is 1890. The van der Waals surface area contributed by atoms with E-state index in [0.29, 0.717) is 0 Å². The molecule has 3 aromatic heterocycles. The molecule has 6 rings (SSSR count). The molecule has 4 nitrogen and oxygen atoms in total. The minimum atomic E-state index is -0.125. The van der Waals surface area contributed by atoms with Gasteiger partial charge in [-0.3, -0.25) is 4.79 Å². The Hall–Kier alpha value is -3.57. The molecule has 0 spiro atoms. The Morgan fingerprint density at radius 3 is 2.42 bits per heavy atom. The van der Waals surface area contributed by atoms with Gasteiger partial charge in [-0.1, -0.05) is 32.0 Å². The number of pyridine rings is 1. The van der Waals surface area contributed by atoms with Gasteiger partial charge in [-0.15, -0.1) is 46.2 Å². The summed E-state index contributed by atoms with van der Waals surface area (Å²) in [5.41, 5.74) is 8.62. The number of aromatic nitrogens is 1. The first kappa shape index (κ1) is 29.4. The number of thiophene rings is 1. The number of furan rings is 1. The van der Waals surface area contributed by atoms with Crippen molar-refractivity contribution in [1.29, 1.82) is 0 Å². The van der Waals surface area contributed by atoms with Crippen LogP contribution in [0.5, 0.6) is 0 Å². The van der Waals surface area contributed by atoms with Gasteiger partial charge in [0.05, 0.1) is 5.76 Å². The summed E-state index contributed by atoms with van der Waals surface area (Å²) < 4.78 is 9.18. The van der Waals surface area contributed by atoms with Crippen molar-refractivity contribution in [2.75, 3.05) is 0 Å². The molecule has 205 valence electrons. The van der Waals surface area contributed by atoms with Crippen molar-refractivity contribution < 1.29 is 34.4 Å². The molecule has 1 radical (unpaired) electrons. The minimum absolute atomic E-state index is 0. The van der Waals surface area contributed by atoms with Crippen LogP contribution in [0, 0.1) is 33.8 Å². The third kappa shape index (κ3) is 5.80. The zero-order chi connectivity index (χ0) is 27.8. The number of carbonyl (C=O) groups excluding carboxylic acids is 1. The summed E-state index contributed by atoms with van der Waals surface area (Å²) >= 11 is 1.86. The molecule has 0 aliphatic carbocycles. The van der Waals surface area contributed by atoms with Crippen LogP contribution in [-0.2, 0) is 24.9 Å². The van der Waals surface area contributed by atoms with E-state index >= 15 is 0 Å². The number of hydrogen-bond donors (Lipinski definition) is 1. The molecule has 0 saturated carbocycles. The Balaban J connectivity index is 0.000000413. The van der Waals surface area contributed by atoms with E-state index in [-0.39, 0.29) is 31.6 Å². The number of fused-ring (bicyclic) bond motifs is 4. The number of ketones is 1. The monoisotopic (exact) mass is 725 g/mol. The number of nitrogens with zero attached hydrogens (tertiary/aromatic N) is 1. The van der Waals surface area contributed by atoms with Gasteiger partial charge in [0.1, 0.15) is 11.3 Å². The fraction of sp³-hybridized carbons (Fsp3) is 0.176. The second kappa shape index (κ2) is 11.9. The van der Waals surface area contributed by atoms with Gasteiger partial charge in [0.15, 0.2) is 5.78 Å². The van der Waals surface area contributed by atoms with Crippen LogP contribution in [0.15, 0.2) is 77.0 Å². The predicted octanol–water partition coefficient (Wildman–Crippen LogP) is 9.60. The molecule has 3 heterocycles. The molecule has 0 bridgehead atoms. The van der Waals surface area contributed by atoms with Crippen LogP contribution in [-0.4, -0.2) is 15.9 Å². The van der Waals surface area contributed by atoms with Crippen LogP contribution in [0.4, 0.5) is 0 Å². The van der Waals surface area contributed by atoms with Crippen LogP contribution in [0.2, 0.25) is 0 Å². The van der Waals surface area contributed by atoms with Gasteiger partial charge in [0, 0.05) is 69.2 Å². The topological polar surface area (TPSA) is 63.3 Å². The maximum absolute atomic E-state index is 10.0. The van der Waals surface area contributed by atoms with Crippen molar-refractivity contribution >= 4 is 48.3 Å². The van der Waals surface area contributed by atoms with Crippen LogP contribution in [0.25, 0.3) is 53.7 Å². The molecular formula is C34H30IrNO3S-. The predicted molar refractivity (Wildman–Crippen MR) is 163 cm³/mol. The number of hydrogen-bond acceptors (Lipinski definition) is 5. The Morgan fingerprint density at radius 2 is 1.75 bits per heavy atom. The van der Waals surface area contributed by atoms with Gasteiger partial charge in [-0.2, -0.15) is 0 Å². The average Bonchev–Trinajstić information content (AvgIpc) is 3.45. The number of carbonyl (C=O) groups is 1. The molecular weight excluding hydrogens is 695 g/mol. The van der Waals surface area contributed by atoms with Gasteiger partial charge in [-0.05, 0) is 63.1 Å². The van der Waals surface area contributed by atoms with Crippen LogP contribution in [0.3, 0.4) is 0 Å². The normalized spacial score (nSPS) is 11.4. The molecule has 0 saturated heterocycles. The fourth-order valence-electron chi connectivity index (χ4n) is 5.16. The number of aliphatic hydroxyl groups excluding tert-OH is 1. The Morgan fingerprint density at radius 1 is 1.00 bits per heavy atom. The molecule has 6 aromatic rings. The molecule has 0 amide bonds. The fourth-order valence-corrected chi connectivity index (χ4v) is 6.35. The summed E-state index contributed by atoms with van der Waals surface area (Å²) in [4.78, 5) is 14.7. The zero-order valence-electron chi connectivity index (χ0n) is 23.3. The summed E-state index contributed by atoms with van der Waals surface area (Å²) in [5, 5.41) is 12.1. The molecule has 0 aliphatic rings. The van der Waals surface area contributed by atoms with E-state index in [1.54, 1.807) is 0 Å². The van der Waals surface area contributed by atoms with E-state index in [0.717, 1.165) is 33.6 Å². The van der Waals surface area contributed by atoms with Crippen molar-refractivity contribution in [2.45, 2.75) is 41.5 Å². The molecule has 0 aliphatic heterocycles. The summed E-state index contributed by atoms with van der Waals surface area (Å²) in [6, 6.07) is 22.8. The van der Waals surface area contributed by atoms with Crippen LogP contribution in [0.1, 0.15) is 36.1 Å². The van der Waals surface area contributed by atoms with Gasteiger partial charge < -0.3 is 14.5 Å². The number of aryl methyl sites for hydroxylation is 4. The quantitative estimate of drug-likeness (QED) is 0.112. The summed E-state index contributed by atoms with van der Waals surface area (Å²) in [5.74, 6) is 0.834. The number of allylic oxidation sites excluding steroid dienone is 2. The molecule has 1 N–H and O–H groups in total. The van der Waals surface area contributed by atoms with E-state index in [9.17, 15) is 4.79 Å². The Labute approximate surface area is 251 Å². The first-order valence-corrected chi connectivity index (χ1v) is 13.6. The van der Waals surface area contributed by atoms with Gasteiger partial charge in [-0.25, -0.2) is 0 Å². The summed E-state index contributed by atoms with van der Waals surface area (Å²) in [6.07, 6.45) is 3.03. The molecule has 0 fully saturated rings. The van der Waals surface area contributed by atoms with Crippen LogP contribution < -0.4 is 0 Å². The first-order valence-electron chi connectivity index (χ1n) is 12.8. The number of benzene rings is 3. The van der Waals surface area contributed by atoms with E-state index < -0.39 is 0 Å². The van der Waals surface area contributed by atoms with E-state index in [4.69, 9.17) is 9.52 Å². The summed E-state index contributed by atoms with van der Waals surface area (Å²) in [7, 11) is 0. The summed E-state index contributed by atoms with van der Waals surface area (Å²) in [6.45, 7) is 11.4. The van der Waals surface area contributed by atoms with Gasteiger partial charge in [0.25, 0.3) is 0 Å². The van der Waals surface area contributed by atoms with Crippen molar-refractivity contribution in [2.24, 2.45) is 0 Å². The first-order chi connectivity index (χ1) is 18.6. The smallest absolute Gasteiger partial charge is 0.155 e. The van der Waals surface area contributed by atoms with E-state index in [1.165, 1.54) is 62.3 Å². The standard InChI is InChI=1S/C29H22NOS.C5H8O2.Ir/c1-16-11-17(2)13-21(12-16)27-28-20(9-10-30-27)15-24(31-28)26-18(3)14-23-22-7-5-6-8-25(22)32-29(23)19(26)4;1-4(6)3-5(2)7;/h5-12,14-15H,1-4H3;3,6H,1-2H3;/q-1;;/b;4-3-;. The van der Waals surface area contributed by atoms with Gasteiger partial charge >= 0.3 is 0 Å². The average molecular weight is 725 g/mol. The van der Waals surface area contributed by atoms with Crippen molar-refractivity contribution in [3.05, 3.63) is 101 Å².